The van der Waals surface area contributed by atoms with Gasteiger partial charge in [0.2, 0.25) is 5.91 Å². The Hall–Kier alpha value is -2.44. The summed E-state index contributed by atoms with van der Waals surface area (Å²) in [5, 5.41) is 8.04. The average Bonchev–Trinajstić information content (AvgIpc) is 3.37. The highest BCUT2D eigenvalue weighted by Crippen LogP contribution is 2.32. The molecule has 23 heavy (non-hydrogen) atoms. The van der Waals surface area contributed by atoms with E-state index in [1.165, 1.54) is 9.36 Å². The van der Waals surface area contributed by atoms with Crippen molar-refractivity contribution < 1.29 is 4.79 Å². The Morgan fingerprint density at radius 1 is 1.09 bits per heavy atom. The molecule has 4 rings (SSSR count). The first-order valence-corrected chi connectivity index (χ1v) is 8.13. The van der Waals surface area contributed by atoms with Crippen molar-refractivity contribution >= 4 is 5.91 Å². The molecule has 1 saturated carbocycles. The van der Waals surface area contributed by atoms with Gasteiger partial charge in [-0.15, -0.1) is 0 Å². The van der Waals surface area contributed by atoms with Gasteiger partial charge < -0.3 is 4.90 Å². The van der Waals surface area contributed by atoms with Gasteiger partial charge in [-0.3, -0.25) is 4.79 Å². The zero-order valence-corrected chi connectivity index (χ0v) is 12.8. The first-order valence-electron chi connectivity index (χ1n) is 8.13. The van der Waals surface area contributed by atoms with Crippen LogP contribution in [0.5, 0.6) is 0 Å². The molecule has 1 unspecified atom stereocenters. The quantitative estimate of drug-likeness (QED) is 0.847. The van der Waals surface area contributed by atoms with E-state index in [9.17, 15) is 9.59 Å². The molecule has 2 aromatic rings. The van der Waals surface area contributed by atoms with Gasteiger partial charge in [0.1, 0.15) is 0 Å². The number of nitrogens with zero attached hydrogens (tertiary/aromatic N) is 5. The normalized spacial score (nSPS) is 21.4. The maximum absolute atomic E-state index is 12.6. The third kappa shape index (κ3) is 2.67. The van der Waals surface area contributed by atoms with E-state index < -0.39 is 0 Å². The second-order valence-electron chi connectivity index (χ2n) is 6.31. The van der Waals surface area contributed by atoms with Gasteiger partial charge in [-0.1, -0.05) is 18.2 Å². The van der Waals surface area contributed by atoms with Gasteiger partial charge in [0, 0.05) is 19.0 Å². The first-order chi connectivity index (χ1) is 11.2. The summed E-state index contributed by atoms with van der Waals surface area (Å²) in [5.41, 5.74) is 0.451. The molecule has 1 aliphatic carbocycles. The van der Waals surface area contributed by atoms with E-state index >= 15 is 0 Å². The van der Waals surface area contributed by atoms with Crippen LogP contribution in [0.15, 0.2) is 35.1 Å². The maximum atomic E-state index is 12.6. The molecule has 1 atom stereocenters. The number of piperidine rings is 1. The van der Waals surface area contributed by atoms with E-state index in [4.69, 9.17) is 0 Å². The summed E-state index contributed by atoms with van der Waals surface area (Å²) in [6.07, 6.45) is 3.75. The summed E-state index contributed by atoms with van der Waals surface area (Å²) >= 11 is 0. The van der Waals surface area contributed by atoms with Crippen LogP contribution in [-0.4, -0.2) is 43.7 Å². The Bertz CT molecular complexity index is 762. The number of amides is 1. The number of benzene rings is 1. The van der Waals surface area contributed by atoms with E-state index in [1.54, 1.807) is 0 Å². The van der Waals surface area contributed by atoms with Crippen LogP contribution < -0.4 is 5.69 Å². The molecule has 120 valence electrons. The van der Waals surface area contributed by atoms with Gasteiger partial charge >= 0.3 is 5.69 Å². The van der Waals surface area contributed by atoms with Crippen molar-refractivity contribution in [3.63, 3.8) is 0 Å². The molecule has 0 radical (unpaired) electrons. The standard InChI is InChI=1S/C16H19N5O2/c22-15(12-8-9-12)19-10-4-7-14(11-19)21-16(23)20(17-18-21)13-5-2-1-3-6-13/h1-3,5-6,12,14H,4,7-11H2. The lowest BCUT2D eigenvalue weighted by Gasteiger charge is -2.32. The molecule has 7 nitrogen and oxygen atoms in total. The van der Waals surface area contributed by atoms with Crippen LogP contribution >= 0.6 is 0 Å². The minimum atomic E-state index is -0.248. The predicted octanol–water partition coefficient (Wildman–Crippen LogP) is 1.00. The predicted molar refractivity (Wildman–Crippen MR) is 83.2 cm³/mol. The van der Waals surface area contributed by atoms with Crippen LogP contribution in [0.3, 0.4) is 0 Å². The van der Waals surface area contributed by atoms with Crippen LogP contribution in [-0.2, 0) is 4.79 Å². The number of rotatable bonds is 3. The summed E-state index contributed by atoms with van der Waals surface area (Å²) in [5.74, 6) is 0.448. The van der Waals surface area contributed by atoms with Crippen molar-refractivity contribution in [1.82, 2.24) is 24.7 Å². The Morgan fingerprint density at radius 2 is 1.87 bits per heavy atom. The molecule has 2 aliphatic rings. The molecule has 2 heterocycles. The van der Waals surface area contributed by atoms with E-state index in [2.05, 4.69) is 10.4 Å². The third-order valence-electron chi connectivity index (χ3n) is 4.58. The molecular weight excluding hydrogens is 294 g/mol. The van der Waals surface area contributed by atoms with Crippen LogP contribution in [0.2, 0.25) is 0 Å². The Morgan fingerprint density at radius 3 is 2.61 bits per heavy atom. The van der Waals surface area contributed by atoms with Gasteiger partial charge in [-0.05, 0) is 48.2 Å². The lowest BCUT2D eigenvalue weighted by atomic mass is 10.1. The van der Waals surface area contributed by atoms with Crippen molar-refractivity contribution in [3.8, 4) is 5.69 Å². The molecule has 2 fully saturated rings. The SMILES string of the molecule is O=C(C1CC1)N1CCCC(n2nnn(-c3ccccc3)c2=O)C1. The van der Waals surface area contributed by atoms with Gasteiger partial charge in [-0.25, -0.2) is 4.79 Å². The highest BCUT2D eigenvalue weighted by atomic mass is 16.2. The fourth-order valence-corrected chi connectivity index (χ4v) is 3.16. The molecule has 1 aromatic carbocycles. The second kappa shape index (κ2) is 5.64. The van der Waals surface area contributed by atoms with Crippen LogP contribution in [0.1, 0.15) is 31.7 Å². The van der Waals surface area contributed by atoms with Crippen LogP contribution in [0.25, 0.3) is 5.69 Å². The van der Waals surface area contributed by atoms with E-state index in [1.807, 2.05) is 35.2 Å². The third-order valence-corrected chi connectivity index (χ3v) is 4.58. The zero-order valence-electron chi connectivity index (χ0n) is 12.8. The summed E-state index contributed by atoms with van der Waals surface area (Å²) in [4.78, 5) is 26.7. The highest BCUT2D eigenvalue weighted by Gasteiger charge is 2.36. The summed E-state index contributed by atoms with van der Waals surface area (Å²) in [6, 6.07) is 9.17. The Labute approximate surface area is 133 Å². The highest BCUT2D eigenvalue weighted by molar-refractivity contribution is 5.81. The minimum Gasteiger partial charge on any atom is -0.340 e. The lowest BCUT2D eigenvalue weighted by molar-refractivity contribution is -0.134. The molecule has 1 aliphatic heterocycles. The fourth-order valence-electron chi connectivity index (χ4n) is 3.16. The van der Waals surface area contributed by atoms with E-state index in [0.717, 1.165) is 32.2 Å². The number of hydrogen-bond acceptors (Lipinski definition) is 4. The zero-order chi connectivity index (χ0) is 15.8. The molecular formula is C16H19N5O2. The Balaban J connectivity index is 1.57. The number of carbonyl (C=O) groups excluding carboxylic acids is 1. The molecule has 0 spiro atoms. The van der Waals surface area contributed by atoms with Crippen molar-refractivity contribution in [3.05, 3.63) is 40.8 Å². The van der Waals surface area contributed by atoms with Crippen molar-refractivity contribution in [2.75, 3.05) is 13.1 Å². The van der Waals surface area contributed by atoms with Gasteiger partial charge in [0.25, 0.3) is 0 Å². The van der Waals surface area contributed by atoms with E-state index in [-0.39, 0.29) is 23.6 Å². The van der Waals surface area contributed by atoms with Gasteiger partial charge in [-0.2, -0.15) is 9.36 Å². The summed E-state index contributed by atoms with van der Waals surface area (Å²) < 4.78 is 2.74. The maximum Gasteiger partial charge on any atom is 0.368 e. The molecule has 1 saturated heterocycles. The summed E-state index contributed by atoms with van der Waals surface area (Å²) in [6.45, 7) is 1.34. The van der Waals surface area contributed by atoms with Crippen molar-refractivity contribution in [2.24, 2.45) is 5.92 Å². The fraction of sp³-hybridized carbons (Fsp3) is 0.500. The van der Waals surface area contributed by atoms with Gasteiger partial charge in [0.05, 0.1) is 11.7 Å². The minimum absolute atomic E-state index is 0.0867. The van der Waals surface area contributed by atoms with Gasteiger partial charge in [0.15, 0.2) is 0 Å². The number of tetrazole rings is 1. The average molecular weight is 313 g/mol. The molecule has 7 heteroatoms. The molecule has 0 N–H and O–H groups in total. The van der Waals surface area contributed by atoms with Crippen molar-refractivity contribution in [1.29, 1.82) is 0 Å². The lowest BCUT2D eigenvalue weighted by Crippen LogP contribution is -2.43. The second-order valence-corrected chi connectivity index (χ2v) is 6.31. The summed E-state index contributed by atoms with van der Waals surface area (Å²) in [7, 11) is 0. The smallest absolute Gasteiger partial charge is 0.340 e. The number of likely N-dealkylation sites (tertiary alicyclic amines) is 1. The number of carbonyl (C=O) groups is 1. The number of hydrogen-bond donors (Lipinski definition) is 0. The molecule has 1 amide bonds. The number of aromatic nitrogens is 4. The van der Waals surface area contributed by atoms with Crippen molar-refractivity contribution in [2.45, 2.75) is 31.7 Å². The first kappa shape index (κ1) is 14.2. The monoisotopic (exact) mass is 313 g/mol. The van der Waals surface area contributed by atoms with E-state index in [0.29, 0.717) is 12.2 Å². The van der Waals surface area contributed by atoms with Crippen LogP contribution in [0, 0.1) is 5.92 Å². The number of para-hydroxylation sites is 1. The Kier molecular flexibility index (Phi) is 3.48. The largest absolute Gasteiger partial charge is 0.368 e. The van der Waals surface area contributed by atoms with Crippen LogP contribution in [0.4, 0.5) is 0 Å². The molecule has 1 aromatic heterocycles. The molecule has 0 bridgehead atoms. The topological polar surface area (TPSA) is 73.0 Å².